The van der Waals surface area contributed by atoms with E-state index in [0.717, 1.165) is 0 Å². The van der Waals surface area contributed by atoms with Gasteiger partial charge in [0.25, 0.3) is 5.91 Å². The molecule has 1 aliphatic heterocycles. The summed E-state index contributed by atoms with van der Waals surface area (Å²) < 4.78 is 0.683. The van der Waals surface area contributed by atoms with Crippen LogP contribution in [0.3, 0.4) is 0 Å². The summed E-state index contributed by atoms with van der Waals surface area (Å²) in [6, 6.07) is 3.05. The zero-order chi connectivity index (χ0) is 13.1. The lowest BCUT2D eigenvalue weighted by molar-refractivity contribution is -0.127. The van der Waals surface area contributed by atoms with Crippen molar-refractivity contribution in [1.82, 2.24) is 15.2 Å². The molecule has 96 valence electrons. The highest BCUT2D eigenvalue weighted by Crippen LogP contribution is 2.14. The SMILES string of the molecule is CCC1C(=O)NCCN1C(=O)c1ccc(Br)nc1. The fraction of sp³-hybridized carbons (Fsp3) is 0.417. The van der Waals surface area contributed by atoms with Crippen molar-refractivity contribution >= 4 is 27.7 Å². The predicted octanol–water partition coefficient (Wildman–Crippen LogP) is 1.19. The fourth-order valence-electron chi connectivity index (χ4n) is 2.03. The average molecular weight is 312 g/mol. The highest BCUT2D eigenvalue weighted by molar-refractivity contribution is 9.10. The first-order valence-electron chi connectivity index (χ1n) is 5.83. The molecule has 1 unspecified atom stereocenters. The molecule has 2 rings (SSSR count). The Morgan fingerprint density at radius 2 is 2.39 bits per heavy atom. The number of amides is 2. The minimum atomic E-state index is -0.380. The van der Waals surface area contributed by atoms with Gasteiger partial charge in [0.1, 0.15) is 10.6 Å². The second-order valence-electron chi connectivity index (χ2n) is 4.08. The summed E-state index contributed by atoms with van der Waals surface area (Å²) in [5.74, 6) is -0.223. The molecule has 1 aliphatic rings. The van der Waals surface area contributed by atoms with Crippen LogP contribution >= 0.6 is 15.9 Å². The van der Waals surface area contributed by atoms with Gasteiger partial charge >= 0.3 is 0 Å². The summed E-state index contributed by atoms with van der Waals surface area (Å²) in [4.78, 5) is 29.7. The second-order valence-corrected chi connectivity index (χ2v) is 4.90. The van der Waals surface area contributed by atoms with Gasteiger partial charge in [0.15, 0.2) is 0 Å². The third kappa shape index (κ3) is 2.53. The van der Waals surface area contributed by atoms with Gasteiger partial charge in [-0.05, 0) is 34.5 Å². The number of carbonyl (C=O) groups is 2. The Morgan fingerprint density at radius 1 is 1.61 bits per heavy atom. The zero-order valence-electron chi connectivity index (χ0n) is 10.0. The van der Waals surface area contributed by atoms with E-state index in [1.165, 1.54) is 6.20 Å². The van der Waals surface area contributed by atoms with Gasteiger partial charge in [0.05, 0.1) is 5.56 Å². The molecule has 1 saturated heterocycles. The largest absolute Gasteiger partial charge is 0.353 e. The van der Waals surface area contributed by atoms with Gasteiger partial charge in [-0.1, -0.05) is 6.92 Å². The first kappa shape index (κ1) is 13.0. The molecule has 0 saturated carbocycles. The number of hydrogen-bond acceptors (Lipinski definition) is 3. The molecule has 2 amide bonds. The van der Waals surface area contributed by atoms with Crippen molar-refractivity contribution in [3.05, 3.63) is 28.5 Å². The molecule has 2 heterocycles. The maximum absolute atomic E-state index is 12.3. The fourth-order valence-corrected chi connectivity index (χ4v) is 2.27. The molecule has 1 N–H and O–H groups in total. The number of nitrogens with zero attached hydrogens (tertiary/aromatic N) is 2. The number of pyridine rings is 1. The van der Waals surface area contributed by atoms with Gasteiger partial charge in [-0.3, -0.25) is 9.59 Å². The van der Waals surface area contributed by atoms with E-state index < -0.39 is 0 Å². The van der Waals surface area contributed by atoms with Crippen LogP contribution in [-0.4, -0.2) is 40.8 Å². The first-order chi connectivity index (χ1) is 8.63. The van der Waals surface area contributed by atoms with E-state index in [-0.39, 0.29) is 17.9 Å². The second kappa shape index (κ2) is 5.48. The third-order valence-electron chi connectivity index (χ3n) is 2.95. The van der Waals surface area contributed by atoms with Crippen LogP contribution in [0.1, 0.15) is 23.7 Å². The molecule has 18 heavy (non-hydrogen) atoms. The van der Waals surface area contributed by atoms with Gasteiger partial charge < -0.3 is 10.2 Å². The molecular weight excluding hydrogens is 298 g/mol. The van der Waals surface area contributed by atoms with Crippen LogP contribution in [0.5, 0.6) is 0 Å². The van der Waals surface area contributed by atoms with E-state index in [2.05, 4.69) is 26.2 Å². The van der Waals surface area contributed by atoms with Crippen molar-refractivity contribution in [3.8, 4) is 0 Å². The van der Waals surface area contributed by atoms with Gasteiger partial charge in [-0.2, -0.15) is 0 Å². The van der Waals surface area contributed by atoms with Crippen molar-refractivity contribution in [2.45, 2.75) is 19.4 Å². The monoisotopic (exact) mass is 311 g/mol. The Kier molecular flexibility index (Phi) is 3.96. The molecule has 0 bridgehead atoms. The highest BCUT2D eigenvalue weighted by atomic mass is 79.9. The van der Waals surface area contributed by atoms with Gasteiger partial charge in [-0.15, -0.1) is 0 Å². The lowest BCUT2D eigenvalue weighted by atomic mass is 10.1. The number of carbonyl (C=O) groups excluding carboxylic acids is 2. The molecule has 0 spiro atoms. The maximum Gasteiger partial charge on any atom is 0.256 e. The molecule has 0 aliphatic carbocycles. The van der Waals surface area contributed by atoms with Crippen molar-refractivity contribution in [2.75, 3.05) is 13.1 Å². The van der Waals surface area contributed by atoms with E-state index >= 15 is 0 Å². The van der Waals surface area contributed by atoms with Gasteiger partial charge in [0.2, 0.25) is 5.91 Å². The van der Waals surface area contributed by atoms with Crippen LogP contribution in [0.15, 0.2) is 22.9 Å². The Morgan fingerprint density at radius 3 is 3.00 bits per heavy atom. The molecular formula is C12H14BrN3O2. The van der Waals surface area contributed by atoms with Crippen molar-refractivity contribution in [3.63, 3.8) is 0 Å². The van der Waals surface area contributed by atoms with E-state index in [4.69, 9.17) is 0 Å². The third-order valence-corrected chi connectivity index (χ3v) is 3.42. The van der Waals surface area contributed by atoms with Crippen LogP contribution in [0.4, 0.5) is 0 Å². The molecule has 1 fully saturated rings. The molecule has 0 radical (unpaired) electrons. The quantitative estimate of drug-likeness (QED) is 0.835. The van der Waals surface area contributed by atoms with Crippen molar-refractivity contribution in [2.24, 2.45) is 0 Å². The Bertz CT molecular complexity index is 461. The highest BCUT2D eigenvalue weighted by Gasteiger charge is 2.32. The Labute approximate surface area is 114 Å². The lowest BCUT2D eigenvalue weighted by Gasteiger charge is -2.34. The van der Waals surface area contributed by atoms with Crippen molar-refractivity contribution < 1.29 is 9.59 Å². The van der Waals surface area contributed by atoms with E-state index in [1.807, 2.05) is 6.92 Å². The number of nitrogens with one attached hydrogen (secondary N) is 1. The standard InChI is InChI=1S/C12H14BrN3O2/c1-2-9-11(17)14-5-6-16(9)12(18)8-3-4-10(13)15-7-8/h3-4,7,9H,2,5-6H2,1H3,(H,14,17). The topological polar surface area (TPSA) is 62.3 Å². The molecule has 5 nitrogen and oxygen atoms in total. The van der Waals surface area contributed by atoms with Crippen LogP contribution < -0.4 is 5.32 Å². The molecule has 6 heteroatoms. The van der Waals surface area contributed by atoms with Crippen LogP contribution in [0.2, 0.25) is 0 Å². The molecule has 1 atom stereocenters. The summed E-state index contributed by atoms with van der Waals surface area (Å²) in [7, 11) is 0. The van der Waals surface area contributed by atoms with Crippen molar-refractivity contribution in [1.29, 1.82) is 0 Å². The first-order valence-corrected chi connectivity index (χ1v) is 6.63. The summed E-state index contributed by atoms with van der Waals surface area (Å²) in [6.07, 6.45) is 2.13. The number of piperazine rings is 1. The summed E-state index contributed by atoms with van der Waals surface area (Å²) >= 11 is 3.23. The smallest absolute Gasteiger partial charge is 0.256 e. The summed E-state index contributed by atoms with van der Waals surface area (Å²) in [6.45, 7) is 2.94. The Hall–Kier alpha value is -1.43. The summed E-state index contributed by atoms with van der Waals surface area (Å²) in [5.41, 5.74) is 0.506. The normalized spacial score (nSPS) is 19.6. The lowest BCUT2D eigenvalue weighted by Crippen LogP contribution is -2.56. The van der Waals surface area contributed by atoms with Crippen LogP contribution in [-0.2, 0) is 4.79 Å². The molecule has 1 aromatic rings. The maximum atomic E-state index is 12.3. The van der Waals surface area contributed by atoms with E-state index in [1.54, 1.807) is 17.0 Å². The molecule has 1 aromatic heterocycles. The predicted molar refractivity (Wildman–Crippen MR) is 70.1 cm³/mol. The van der Waals surface area contributed by atoms with E-state index in [9.17, 15) is 9.59 Å². The molecule has 0 aromatic carbocycles. The minimum absolute atomic E-state index is 0.0813. The average Bonchev–Trinajstić information content (AvgIpc) is 2.38. The summed E-state index contributed by atoms with van der Waals surface area (Å²) in [5, 5.41) is 2.77. The van der Waals surface area contributed by atoms with Gasteiger partial charge in [-0.25, -0.2) is 4.98 Å². The van der Waals surface area contributed by atoms with Crippen LogP contribution in [0.25, 0.3) is 0 Å². The van der Waals surface area contributed by atoms with Crippen LogP contribution in [0, 0.1) is 0 Å². The number of hydrogen-bond donors (Lipinski definition) is 1. The number of rotatable bonds is 2. The zero-order valence-corrected chi connectivity index (χ0v) is 11.6. The number of halogens is 1. The van der Waals surface area contributed by atoms with Gasteiger partial charge in [0, 0.05) is 19.3 Å². The minimum Gasteiger partial charge on any atom is -0.353 e. The Balaban J connectivity index is 2.21. The number of aromatic nitrogens is 1. The van der Waals surface area contributed by atoms with E-state index in [0.29, 0.717) is 29.7 Å².